The van der Waals surface area contributed by atoms with Gasteiger partial charge in [-0.2, -0.15) is 0 Å². The second kappa shape index (κ2) is 13.8. The maximum absolute atomic E-state index is 9.21. The molecule has 2 aromatic heterocycles. The summed E-state index contributed by atoms with van der Waals surface area (Å²) in [7, 11) is 0. The fourth-order valence-corrected chi connectivity index (χ4v) is 6.79. The van der Waals surface area contributed by atoms with Crippen molar-refractivity contribution in [2.75, 3.05) is 0 Å². The maximum atomic E-state index is 9.21. The Balaban J connectivity index is 1.08. The highest BCUT2D eigenvalue weighted by Gasteiger charge is 2.17. The van der Waals surface area contributed by atoms with E-state index < -0.39 is 78.2 Å². The van der Waals surface area contributed by atoms with Crippen LogP contribution in [0.3, 0.4) is 0 Å². The number of fused-ring (bicyclic) bond motifs is 3. The van der Waals surface area contributed by atoms with Crippen molar-refractivity contribution in [1.82, 2.24) is 19.5 Å². The normalized spacial score (nSPS) is 14.3. The summed E-state index contributed by atoms with van der Waals surface area (Å²) in [5, 5.41) is -0.294. The highest BCUT2D eigenvalue weighted by atomic mass is 15.0. The largest absolute Gasteiger partial charge is 0.309 e. The van der Waals surface area contributed by atoms with E-state index in [9.17, 15) is 1.37 Å². The van der Waals surface area contributed by atoms with Gasteiger partial charge in [0.05, 0.1) is 27.5 Å². The Bertz CT molecular complexity index is 3590. The monoisotopic (exact) mass is 714 g/mol. The highest BCUT2D eigenvalue weighted by Crippen LogP contribution is 2.39. The maximum Gasteiger partial charge on any atom is 0.164 e. The molecule has 0 unspecified atom stereocenters. The van der Waals surface area contributed by atoms with Gasteiger partial charge in [-0.3, -0.25) is 0 Å². The summed E-state index contributed by atoms with van der Waals surface area (Å²) in [4.78, 5) is 14.7. The van der Waals surface area contributed by atoms with Gasteiger partial charge in [0.2, 0.25) is 0 Å². The molecule has 0 spiro atoms. The predicted octanol–water partition coefficient (Wildman–Crippen LogP) is 13.0. The first kappa shape index (κ1) is 21.9. The van der Waals surface area contributed by atoms with Gasteiger partial charge in [0.1, 0.15) is 0 Å². The van der Waals surface area contributed by atoms with Crippen molar-refractivity contribution in [3.63, 3.8) is 0 Å². The molecule has 10 rings (SSSR count). The third-order valence-corrected chi connectivity index (χ3v) is 9.49. The minimum absolute atomic E-state index is 0.0346. The van der Waals surface area contributed by atoms with Gasteiger partial charge in [0.25, 0.3) is 0 Å². The van der Waals surface area contributed by atoms with Crippen LogP contribution in [0.1, 0.15) is 16.4 Å². The third kappa shape index (κ3) is 6.06. The Kier molecular flexibility index (Phi) is 5.52. The molecule has 10 aromatic rings. The first-order valence-corrected chi connectivity index (χ1v) is 17.5. The third-order valence-electron chi connectivity index (χ3n) is 9.49. The van der Waals surface area contributed by atoms with Gasteiger partial charge < -0.3 is 4.57 Å². The molecular weight excluding hydrogens is 669 g/mol. The van der Waals surface area contributed by atoms with Crippen LogP contribution in [-0.4, -0.2) is 19.5 Å². The Labute approximate surface area is 336 Å². The van der Waals surface area contributed by atoms with Crippen LogP contribution in [0.25, 0.3) is 95.0 Å². The molecule has 0 bridgehead atoms. The van der Waals surface area contributed by atoms with Crippen LogP contribution in [-0.2, 0) is 0 Å². The van der Waals surface area contributed by atoms with E-state index in [-0.39, 0.29) is 27.4 Å². The molecule has 2 heterocycles. The molecular formula is C51H34N4. The molecule has 0 radical (unpaired) electrons. The number of benzene rings is 8. The lowest BCUT2D eigenvalue weighted by Crippen LogP contribution is -2.00. The standard InChI is InChI=1S/C51H34N4/c1-4-13-35(14-5-1)36-25-31-41(32-26-36)50-52-49(40-15-6-2-7-16-40)53-51(54-50)42-33-27-38(28-34-42)37-23-29-39(30-24-37)44-20-12-21-46-45-19-10-11-22-47(45)55(48(44)46)43-17-8-3-9-18-43/h1-34H/i3D,8D,9D,10D,11D,12D,17D,18D,19D,20D,21D,22D. The average Bonchev–Trinajstić information content (AvgIpc) is 3.71. The van der Waals surface area contributed by atoms with Crippen molar-refractivity contribution in [2.24, 2.45) is 0 Å². The molecule has 0 atom stereocenters. The van der Waals surface area contributed by atoms with Gasteiger partial charge in [-0.15, -0.1) is 0 Å². The zero-order valence-corrected chi connectivity index (χ0v) is 29.0. The minimum Gasteiger partial charge on any atom is -0.309 e. The molecule has 55 heavy (non-hydrogen) atoms. The summed E-state index contributed by atoms with van der Waals surface area (Å²) in [6, 6.07) is 35.4. The second-order valence-electron chi connectivity index (χ2n) is 12.8. The molecule has 8 aromatic carbocycles. The molecule has 0 N–H and O–H groups in total. The van der Waals surface area contributed by atoms with Crippen LogP contribution in [0, 0.1) is 0 Å². The van der Waals surface area contributed by atoms with Crippen LogP contribution in [0.2, 0.25) is 0 Å². The molecule has 0 saturated heterocycles. The average molecular weight is 715 g/mol. The van der Waals surface area contributed by atoms with E-state index in [1.54, 1.807) is 24.3 Å². The first-order chi connectivity index (χ1) is 32.2. The summed E-state index contributed by atoms with van der Waals surface area (Å²) in [5.41, 5.74) is 5.83. The second-order valence-corrected chi connectivity index (χ2v) is 12.8. The van der Waals surface area contributed by atoms with E-state index in [4.69, 9.17) is 30.0 Å². The lowest BCUT2D eigenvalue weighted by Gasteiger charge is -2.12. The quantitative estimate of drug-likeness (QED) is 0.165. The first-order valence-electron chi connectivity index (χ1n) is 23.5. The zero-order valence-electron chi connectivity index (χ0n) is 41.0. The van der Waals surface area contributed by atoms with Crippen molar-refractivity contribution in [2.45, 2.75) is 0 Å². The topological polar surface area (TPSA) is 43.6 Å². The van der Waals surface area contributed by atoms with Crippen LogP contribution >= 0.6 is 0 Å². The SMILES string of the molecule is [2H]c1c([2H])c([2H])c(-n2c3c([2H])c([2H])c([2H])c([2H])c3c3c([2H])c([2H])c([2H])c(-c4ccc(-c5ccc(-c6nc(-c7ccccc7)nc(-c7ccc(-c8ccccc8)cc7)n6)cc5)cc4)c32)c([2H])c1[2H]. The van der Waals surface area contributed by atoms with Crippen LogP contribution in [0.15, 0.2) is 206 Å². The highest BCUT2D eigenvalue weighted by molar-refractivity contribution is 6.13. The van der Waals surface area contributed by atoms with Gasteiger partial charge in [-0.05, 0) is 45.9 Å². The predicted molar refractivity (Wildman–Crippen MR) is 227 cm³/mol. The van der Waals surface area contributed by atoms with Crippen molar-refractivity contribution in [3.8, 4) is 73.2 Å². The van der Waals surface area contributed by atoms with Crippen LogP contribution in [0.5, 0.6) is 0 Å². The summed E-state index contributed by atoms with van der Waals surface area (Å²) in [6.45, 7) is 0. The van der Waals surface area contributed by atoms with E-state index in [0.717, 1.165) is 43.5 Å². The number of para-hydroxylation sites is 3. The summed E-state index contributed by atoms with van der Waals surface area (Å²) < 4.78 is 106. The summed E-state index contributed by atoms with van der Waals surface area (Å²) in [5.74, 6) is 1.52. The number of nitrogens with zero attached hydrogens (tertiary/aromatic N) is 4. The summed E-state index contributed by atoms with van der Waals surface area (Å²) in [6.07, 6.45) is 0. The van der Waals surface area contributed by atoms with E-state index in [2.05, 4.69) is 12.1 Å². The Hall–Kier alpha value is -7.43. The fourth-order valence-electron chi connectivity index (χ4n) is 6.79. The molecule has 4 nitrogen and oxygen atoms in total. The van der Waals surface area contributed by atoms with Crippen LogP contribution < -0.4 is 0 Å². The molecule has 0 aliphatic carbocycles. The minimum atomic E-state index is -0.681. The van der Waals surface area contributed by atoms with Gasteiger partial charge in [-0.1, -0.05) is 188 Å². The number of hydrogen-bond acceptors (Lipinski definition) is 3. The molecule has 0 saturated carbocycles. The molecule has 0 aliphatic rings. The van der Waals surface area contributed by atoms with E-state index >= 15 is 0 Å². The molecule has 0 aliphatic heterocycles. The fraction of sp³-hybridized carbons (Fsp3) is 0. The lowest BCUT2D eigenvalue weighted by molar-refractivity contribution is 1.07. The summed E-state index contributed by atoms with van der Waals surface area (Å²) >= 11 is 0. The van der Waals surface area contributed by atoms with E-state index in [0.29, 0.717) is 23.0 Å². The Morgan fingerprint density at radius 3 is 1.33 bits per heavy atom. The van der Waals surface area contributed by atoms with Gasteiger partial charge in [0.15, 0.2) is 17.5 Å². The van der Waals surface area contributed by atoms with Crippen molar-refractivity contribution < 1.29 is 16.4 Å². The smallest absolute Gasteiger partial charge is 0.164 e. The number of aromatic nitrogens is 4. The Morgan fingerprint density at radius 2 is 0.764 bits per heavy atom. The Morgan fingerprint density at radius 1 is 0.345 bits per heavy atom. The van der Waals surface area contributed by atoms with Gasteiger partial charge in [-0.25, -0.2) is 15.0 Å². The molecule has 4 heteroatoms. The van der Waals surface area contributed by atoms with Crippen molar-refractivity contribution >= 4 is 21.8 Å². The molecule has 258 valence electrons. The van der Waals surface area contributed by atoms with Gasteiger partial charge in [0, 0.05) is 38.7 Å². The lowest BCUT2D eigenvalue weighted by atomic mass is 9.98. The van der Waals surface area contributed by atoms with Crippen molar-refractivity contribution in [3.05, 3.63) is 206 Å². The number of rotatable bonds is 7. The van der Waals surface area contributed by atoms with E-state index in [1.165, 1.54) is 0 Å². The zero-order chi connectivity index (χ0) is 47.0. The van der Waals surface area contributed by atoms with Crippen molar-refractivity contribution in [1.29, 1.82) is 0 Å². The van der Waals surface area contributed by atoms with Crippen LogP contribution in [0.4, 0.5) is 0 Å². The number of hydrogen-bond donors (Lipinski definition) is 0. The van der Waals surface area contributed by atoms with Gasteiger partial charge >= 0.3 is 0 Å². The molecule has 0 fully saturated rings. The molecule has 0 amide bonds. The van der Waals surface area contributed by atoms with E-state index in [1.807, 2.05) is 97.1 Å².